The van der Waals surface area contributed by atoms with Crippen molar-refractivity contribution in [1.29, 1.82) is 0 Å². The third kappa shape index (κ3) is 4.82. The zero-order valence-electron chi connectivity index (χ0n) is 15.4. The van der Waals surface area contributed by atoms with Crippen molar-refractivity contribution in [2.24, 2.45) is 0 Å². The van der Waals surface area contributed by atoms with Gasteiger partial charge in [0.05, 0.1) is 12.3 Å². The molecule has 1 aromatic heterocycles. The van der Waals surface area contributed by atoms with E-state index in [0.29, 0.717) is 23.9 Å². The van der Waals surface area contributed by atoms with Gasteiger partial charge in [0.2, 0.25) is 0 Å². The van der Waals surface area contributed by atoms with Crippen LogP contribution in [-0.4, -0.2) is 22.7 Å². The van der Waals surface area contributed by atoms with Crippen molar-refractivity contribution < 1.29 is 9.53 Å². The summed E-state index contributed by atoms with van der Waals surface area (Å²) in [6.07, 6.45) is 0.996. The molecule has 1 amide bonds. The molecule has 0 unspecified atom stereocenters. The highest BCUT2D eigenvalue weighted by atomic mass is 16.5. The average Bonchev–Trinajstić information content (AvgIpc) is 2.71. The number of para-hydroxylation sites is 2. The zero-order chi connectivity index (χ0) is 19.1. The number of carbonyl (C=O) groups excluding carboxylic acids is 1. The fourth-order valence-corrected chi connectivity index (χ4v) is 2.53. The Hall–Kier alpha value is -3.41. The number of amides is 1. The fraction of sp³-hybridized carbons (Fsp3) is 0.190. The molecule has 6 heteroatoms. The van der Waals surface area contributed by atoms with Crippen LogP contribution in [0.5, 0.6) is 5.75 Å². The molecule has 0 aliphatic rings. The highest BCUT2D eigenvalue weighted by molar-refractivity contribution is 6.03. The van der Waals surface area contributed by atoms with Gasteiger partial charge in [-0.3, -0.25) is 4.79 Å². The van der Waals surface area contributed by atoms with Gasteiger partial charge in [0.25, 0.3) is 5.91 Å². The van der Waals surface area contributed by atoms with Crippen LogP contribution in [0.2, 0.25) is 0 Å². The lowest BCUT2D eigenvalue weighted by atomic mass is 10.1. The van der Waals surface area contributed by atoms with Gasteiger partial charge in [-0.15, -0.1) is 10.2 Å². The Balaban J connectivity index is 1.66. The van der Waals surface area contributed by atoms with Crippen LogP contribution in [-0.2, 0) is 6.42 Å². The number of rotatable bonds is 7. The Morgan fingerprint density at radius 3 is 2.41 bits per heavy atom. The molecule has 0 fully saturated rings. The van der Waals surface area contributed by atoms with E-state index >= 15 is 0 Å². The molecule has 3 aromatic rings. The van der Waals surface area contributed by atoms with Gasteiger partial charge in [0.1, 0.15) is 5.75 Å². The Morgan fingerprint density at radius 2 is 1.74 bits per heavy atom. The maximum atomic E-state index is 12.4. The minimum atomic E-state index is -0.339. The number of aromatic nitrogens is 2. The first-order valence-corrected chi connectivity index (χ1v) is 8.92. The van der Waals surface area contributed by atoms with Crippen molar-refractivity contribution in [3.05, 3.63) is 71.9 Å². The lowest BCUT2D eigenvalue weighted by Crippen LogP contribution is -2.15. The molecule has 0 saturated heterocycles. The second kappa shape index (κ2) is 8.80. The smallest absolute Gasteiger partial charge is 0.276 e. The minimum absolute atomic E-state index is 0.230. The molecule has 0 saturated carbocycles. The summed E-state index contributed by atoms with van der Waals surface area (Å²) in [7, 11) is 0. The first-order valence-electron chi connectivity index (χ1n) is 8.92. The number of carbonyl (C=O) groups is 1. The first kappa shape index (κ1) is 18.4. The Kier molecular flexibility index (Phi) is 5.99. The summed E-state index contributed by atoms with van der Waals surface area (Å²) < 4.78 is 5.51. The van der Waals surface area contributed by atoms with E-state index in [-0.39, 0.29) is 11.6 Å². The first-order chi connectivity index (χ1) is 13.2. The van der Waals surface area contributed by atoms with Crippen LogP contribution in [0.3, 0.4) is 0 Å². The third-order valence-corrected chi connectivity index (χ3v) is 3.97. The van der Waals surface area contributed by atoms with Gasteiger partial charge in [0.15, 0.2) is 11.5 Å². The lowest BCUT2D eigenvalue weighted by molar-refractivity contribution is 0.102. The van der Waals surface area contributed by atoms with Crippen LogP contribution in [0, 0.1) is 0 Å². The van der Waals surface area contributed by atoms with Crippen LogP contribution < -0.4 is 15.4 Å². The molecule has 0 atom stereocenters. The summed E-state index contributed by atoms with van der Waals surface area (Å²) >= 11 is 0. The molecule has 3 rings (SSSR count). The minimum Gasteiger partial charge on any atom is -0.492 e. The van der Waals surface area contributed by atoms with Crippen molar-refractivity contribution in [3.8, 4) is 5.75 Å². The SMILES string of the molecule is CCOc1ccccc1NC(=O)c1ccc(Nc2ccc(CC)cc2)nn1. The topological polar surface area (TPSA) is 76.1 Å². The van der Waals surface area contributed by atoms with Gasteiger partial charge in [-0.05, 0) is 55.3 Å². The highest BCUT2D eigenvalue weighted by Crippen LogP contribution is 2.24. The van der Waals surface area contributed by atoms with Crippen LogP contribution in [0.15, 0.2) is 60.7 Å². The van der Waals surface area contributed by atoms with Crippen molar-refractivity contribution >= 4 is 23.1 Å². The lowest BCUT2D eigenvalue weighted by Gasteiger charge is -2.11. The molecular weight excluding hydrogens is 340 g/mol. The van der Waals surface area contributed by atoms with Crippen LogP contribution in [0.4, 0.5) is 17.2 Å². The molecule has 2 aromatic carbocycles. The van der Waals surface area contributed by atoms with Gasteiger partial charge in [-0.25, -0.2) is 0 Å². The Labute approximate surface area is 158 Å². The van der Waals surface area contributed by atoms with E-state index in [9.17, 15) is 4.79 Å². The van der Waals surface area contributed by atoms with Gasteiger partial charge in [0, 0.05) is 5.69 Å². The third-order valence-electron chi connectivity index (χ3n) is 3.97. The van der Waals surface area contributed by atoms with Gasteiger partial charge < -0.3 is 15.4 Å². The molecule has 2 N–H and O–H groups in total. The van der Waals surface area contributed by atoms with Gasteiger partial charge in [-0.1, -0.05) is 31.2 Å². The molecule has 1 heterocycles. The maximum Gasteiger partial charge on any atom is 0.276 e. The Bertz CT molecular complexity index is 893. The highest BCUT2D eigenvalue weighted by Gasteiger charge is 2.11. The number of nitrogens with one attached hydrogen (secondary N) is 2. The van der Waals surface area contributed by atoms with E-state index in [1.165, 1.54) is 5.56 Å². The molecule has 0 spiro atoms. The Morgan fingerprint density at radius 1 is 0.963 bits per heavy atom. The van der Waals surface area contributed by atoms with Crippen molar-refractivity contribution in [2.45, 2.75) is 20.3 Å². The summed E-state index contributed by atoms with van der Waals surface area (Å²) in [5.41, 5.74) is 3.02. The number of benzene rings is 2. The normalized spacial score (nSPS) is 10.3. The second-order valence-electron chi connectivity index (χ2n) is 5.86. The van der Waals surface area contributed by atoms with E-state index < -0.39 is 0 Å². The molecule has 6 nitrogen and oxygen atoms in total. The van der Waals surface area contributed by atoms with Crippen LogP contribution in [0.25, 0.3) is 0 Å². The van der Waals surface area contributed by atoms with Crippen LogP contribution in [0.1, 0.15) is 29.9 Å². The zero-order valence-corrected chi connectivity index (χ0v) is 15.4. The quantitative estimate of drug-likeness (QED) is 0.650. The molecule has 27 heavy (non-hydrogen) atoms. The maximum absolute atomic E-state index is 12.4. The number of ether oxygens (including phenoxy) is 1. The van der Waals surface area contributed by atoms with Gasteiger partial charge >= 0.3 is 0 Å². The second-order valence-corrected chi connectivity index (χ2v) is 5.86. The summed E-state index contributed by atoms with van der Waals surface area (Å²) in [6.45, 7) is 4.53. The van der Waals surface area contributed by atoms with Crippen LogP contribution >= 0.6 is 0 Å². The number of aryl methyl sites for hydroxylation is 1. The van der Waals surface area contributed by atoms with Crippen molar-refractivity contribution in [3.63, 3.8) is 0 Å². The van der Waals surface area contributed by atoms with E-state index in [1.807, 2.05) is 37.3 Å². The summed E-state index contributed by atoms with van der Waals surface area (Å²) in [6, 6.07) is 18.7. The number of hydrogen-bond donors (Lipinski definition) is 2. The summed E-state index contributed by atoms with van der Waals surface area (Å²) in [5, 5.41) is 14.1. The number of nitrogens with zero attached hydrogens (tertiary/aromatic N) is 2. The van der Waals surface area contributed by atoms with Crippen molar-refractivity contribution in [2.75, 3.05) is 17.2 Å². The van der Waals surface area contributed by atoms with Gasteiger partial charge in [-0.2, -0.15) is 0 Å². The van der Waals surface area contributed by atoms with E-state index in [1.54, 1.807) is 18.2 Å². The molecule has 138 valence electrons. The molecule has 0 aliphatic carbocycles. The van der Waals surface area contributed by atoms with Crippen molar-refractivity contribution in [1.82, 2.24) is 10.2 Å². The standard InChI is InChI=1S/C21H22N4O2/c1-3-15-9-11-16(12-10-15)22-20-14-13-18(24-25-20)21(26)23-17-7-5-6-8-19(17)27-4-2/h5-14H,3-4H2,1-2H3,(H,22,25)(H,23,26). The molecule has 0 aliphatic heterocycles. The molecule has 0 bridgehead atoms. The number of hydrogen-bond acceptors (Lipinski definition) is 5. The fourth-order valence-electron chi connectivity index (χ4n) is 2.53. The summed E-state index contributed by atoms with van der Waals surface area (Å²) in [5.74, 6) is 0.856. The largest absolute Gasteiger partial charge is 0.492 e. The summed E-state index contributed by atoms with van der Waals surface area (Å²) in [4.78, 5) is 12.4. The van der Waals surface area contributed by atoms with E-state index in [4.69, 9.17) is 4.74 Å². The molecule has 0 radical (unpaired) electrons. The number of anilines is 3. The van der Waals surface area contributed by atoms with E-state index in [2.05, 4.69) is 39.9 Å². The average molecular weight is 362 g/mol. The predicted octanol–water partition coefficient (Wildman–Crippen LogP) is 4.43. The monoisotopic (exact) mass is 362 g/mol. The molecular formula is C21H22N4O2. The van der Waals surface area contributed by atoms with E-state index in [0.717, 1.165) is 12.1 Å². The predicted molar refractivity (Wildman–Crippen MR) is 107 cm³/mol.